The number of hydrogen-bond donors (Lipinski definition) is 0. The summed E-state index contributed by atoms with van der Waals surface area (Å²) in [5.41, 5.74) is 0.253. The number of carbonyl (C=O) groups is 4. The van der Waals surface area contributed by atoms with Gasteiger partial charge in [0, 0.05) is 39.0 Å². The van der Waals surface area contributed by atoms with Gasteiger partial charge in [0.1, 0.15) is 12.2 Å². The predicted octanol–water partition coefficient (Wildman–Crippen LogP) is 2.24. The SMILES string of the molecule is CC12CCC(=O)N1c1ccccc1C(=O)N2CC(=O)N1CCN(C(=O)CC2CCCC2)CC1. The Bertz CT molecular complexity index is 980. The van der Waals surface area contributed by atoms with Crippen LogP contribution in [-0.4, -0.2) is 76.7 Å². The van der Waals surface area contributed by atoms with E-state index in [1.807, 2.05) is 17.9 Å². The van der Waals surface area contributed by atoms with Crippen molar-refractivity contribution in [2.75, 3.05) is 37.6 Å². The summed E-state index contributed by atoms with van der Waals surface area (Å²) in [5, 5.41) is 0. The minimum absolute atomic E-state index is 0.0238. The molecule has 4 aliphatic rings. The van der Waals surface area contributed by atoms with Crippen molar-refractivity contribution >= 4 is 29.3 Å². The lowest BCUT2D eigenvalue weighted by atomic mass is 9.98. The summed E-state index contributed by atoms with van der Waals surface area (Å²) < 4.78 is 0. The first-order chi connectivity index (χ1) is 15.9. The van der Waals surface area contributed by atoms with Crippen LogP contribution in [-0.2, 0) is 14.4 Å². The van der Waals surface area contributed by atoms with Crippen LogP contribution in [0.3, 0.4) is 0 Å². The molecule has 2 saturated heterocycles. The van der Waals surface area contributed by atoms with Crippen LogP contribution in [0.2, 0.25) is 0 Å². The number of amides is 4. The summed E-state index contributed by atoms with van der Waals surface area (Å²) in [6, 6.07) is 7.12. The molecule has 1 atom stereocenters. The molecular formula is C25H32N4O4. The fraction of sp³-hybridized carbons (Fsp3) is 0.600. The van der Waals surface area contributed by atoms with E-state index in [4.69, 9.17) is 0 Å². The van der Waals surface area contributed by atoms with Gasteiger partial charge in [0.2, 0.25) is 17.7 Å². The number of fused-ring (bicyclic) bond motifs is 3. The average molecular weight is 453 g/mol. The Morgan fingerprint density at radius 2 is 1.61 bits per heavy atom. The van der Waals surface area contributed by atoms with Crippen molar-refractivity contribution in [1.29, 1.82) is 0 Å². The molecule has 0 radical (unpaired) electrons. The smallest absolute Gasteiger partial charge is 0.258 e. The molecule has 1 aromatic carbocycles. The van der Waals surface area contributed by atoms with Gasteiger partial charge < -0.3 is 14.7 Å². The van der Waals surface area contributed by atoms with Gasteiger partial charge >= 0.3 is 0 Å². The second-order valence-corrected chi connectivity index (χ2v) is 9.97. The number of anilines is 1. The van der Waals surface area contributed by atoms with Crippen molar-refractivity contribution in [1.82, 2.24) is 14.7 Å². The largest absolute Gasteiger partial charge is 0.339 e. The van der Waals surface area contributed by atoms with Crippen LogP contribution in [0.25, 0.3) is 0 Å². The van der Waals surface area contributed by atoms with E-state index in [1.54, 1.807) is 32.9 Å². The van der Waals surface area contributed by atoms with Gasteiger partial charge in [-0.15, -0.1) is 0 Å². The Hall–Kier alpha value is -2.90. The highest BCUT2D eigenvalue weighted by Gasteiger charge is 2.53. The summed E-state index contributed by atoms with van der Waals surface area (Å²) >= 11 is 0. The highest BCUT2D eigenvalue weighted by molar-refractivity contribution is 6.11. The lowest BCUT2D eigenvalue weighted by Gasteiger charge is -2.49. The first-order valence-corrected chi connectivity index (χ1v) is 12.2. The van der Waals surface area contributed by atoms with Gasteiger partial charge in [0.15, 0.2) is 0 Å². The minimum atomic E-state index is -0.836. The fourth-order valence-electron chi connectivity index (χ4n) is 5.97. The van der Waals surface area contributed by atoms with E-state index < -0.39 is 5.66 Å². The van der Waals surface area contributed by atoms with Gasteiger partial charge in [-0.1, -0.05) is 25.0 Å². The number of para-hydroxylation sites is 1. The number of rotatable bonds is 4. The molecule has 1 saturated carbocycles. The van der Waals surface area contributed by atoms with Gasteiger partial charge in [-0.3, -0.25) is 24.1 Å². The molecule has 1 unspecified atom stereocenters. The molecule has 1 aliphatic carbocycles. The Balaban J connectivity index is 1.25. The molecule has 1 aromatic rings. The standard InChI is InChI=1S/C25H32N4O4/c1-25-11-10-21(30)29(25)20-9-5-4-8-19(20)24(33)28(25)17-23(32)27-14-12-26(13-15-27)22(31)16-18-6-2-3-7-18/h4-5,8-9,18H,2-3,6-7,10-17H2,1H3. The highest BCUT2D eigenvalue weighted by Crippen LogP contribution is 2.43. The van der Waals surface area contributed by atoms with Crippen LogP contribution in [0.15, 0.2) is 24.3 Å². The van der Waals surface area contributed by atoms with E-state index in [1.165, 1.54) is 12.8 Å². The zero-order valence-electron chi connectivity index (χ0n) is 19.3. The molecular weight excluding hydrogens is 420 g/mol. The Labute approximate surface area is 194 Å². The van der Waals surface area contributed by atoms with Gasteiger partial charge in [-0.25, -0.2) is 0 Å². The summed E-state index contributed by atoms with van der Waals surface area (Å²) in [7, 11) is 0. The van der Waals surface area contributed by atoms with E-state index in [0.717, 1.165) is 12.8 Å². The molecule has 8 nitrogen and oxygen atoms in total. The lowest BCUT2D eigenvalue weighted by molar-refractivity contribution is -0.141. The first kappa shape index (κ1) is 21.9. The topological polar surface area (TPSA) is 81.2 Å². The molecule has 0 bridgehead atoms. The molecule has 3 fully saturated rings. The third-order valence-electron chi connectivity index (χ3n) is 7.96. The molecule has 0 spiro atoms. The molecule has 0 aromatic heterocycles. The van der Waals surface area contributed by atoms with Crippen molar-refractivity contribution in [2.45, 2.75) is 57.5 Å². The maximum absolute atomic E-state index is 13.4. The molecule has 5 rings (SSSR count). The number of carbonyl (C=O) groups excluding carboxylic acids is 4. The summed E-state index contributed by atoms with van der Waals surface area (Å²) in [6.07, 6.45) is 6.22. The van der Waals surface area contributed by atoms with Crippen LogP contribution >= 0.6 is 0 Å². The third kappa shape index (κ3) is 3.79. The molecule has 3 heterocycles. The predicted molar refractivity (Wildman–Crippen MR) is 122 cm³/mol. The van der Waals surface area contributed by atoms with Gasteiger partial charge in [0.25, 0.3) is 5.91 Å². The molecule has 3 aliphatic heterocycles. The molecule has 0 N–H and O–H groups in total. The number of benzene rings is 1. The quantitative estimate of drug-likeness (QED) is 0.702. The highest BCUT2D eigenvalue weighted by atomic mass is 16.2. The monoisotopic (exact) mass is 452 g/mol. The van der Waals surface area contributed by atoms with Crippen molar-refractivity contribution in [2.24, 2.45) is 5.92 Å². The second kappa shape index (κ2) is 8.47. The van der Waals surface area contributed by atoms with Gasteiger partial charge in [-0.05, 0) is 44.2 Å². The molecule has 4 amide bonds. The maximum Gasteiger partial charge on any atom is 0.258 e. The van der Waals surface area contributed by atoms with Crippen LogP contribution < -0.4 is 4.90 Å². The molecule has 33 heavy (non-hydrogen) atoms. The Kier molecular flexibility index (Phi) is 5.62. The Morgan fingerprint density at radius 1 is 0.970 bits per heavy atom. The second-order valence-electron chi connectivity index (χ2n) is 9.97. The lowest BCUT2D eigenvalue weighted by Crippen LogP contribution is -2.64. The number of hydrogen-bond acceptors (Lipinski definition) is 4. The third-order valence-corrected chi connectivity index (χ3v) is 7.96. The van der Waals surface area contributed by atoms with E-state index in [2.05, 4.69) is 0 Å². The van der Waals surface area contributed by atoms with Gasteiger partial charge in [-0.2, -0.15) is 0 Å². The maximum atomic E-state index is 13.4. The van der Waals surface area contributed by atoms with E-state index >= 15 is 0 Å². The number of piperazine rings is 1. The fourth-order valence-corrected chi connectivity index (χ4v) is 5.97. The van der Waals surface area contributed by atoms with Crippen LogP contribution in [0.4, 0.5) is 5.69 Å². The average Bonchev–Trinajstić information content (AvgIpc) is 3.44. The van der Waals surface area contributed by atoms with E-state index in [-0.39, 0.29) is 30.2 Å². The summed E-state index contributed by atoms with van der Waals surface area (Å²) in [6.45, 7) is 3.84. The first-order valence-electron chi connectivity index (χ1n) is 12.2. The summed E-state index contributed by atoms with van der Waals surface area (Å²) in [4.78, 5) is 58.8. The van der Waals surface area contributed by atoms with Crippen molar-refractivity contribution in [3.8, 4) is 0 Å². The normalized spacial score (nSPS) is 25.5. The molecule has 176 valence electrons. The Morgan fingerprint density at radius 3 is 2.30 bits per heavy atom. The van der Waals surface area contributed by atoms with Crippen molar-refractivity contribution in [3.63, 3.8) is 0 Å². The van der Waals surface area contributed by atoms with Crippen molar-refractivity contribution in [3.05, 3.63) is 29.8 Å². The van der Waals surface area contributed by atoms with Crippen LogP contribution in [0.5, 0.6) is 0 Å². The van der Waals surface area contributed by atoms with Crippen LogP contribution in [0.1, 0.15) is 62.2 Å². The summed E-state index contributed by atoms with van der Waals surface area (Å²) in [5.74, 6) is 0.348. The molecule has 8 heteroatoms. The van der Waals surface area contributed by atoms with Gasteiger partial charge in [0.05, 0.1) is 11.3 Å². The zero-order valence-corrected chi connectivity index (χ0v) is 19.3. The van der Waals surface area contributed by atoms with Crippen LogP contribution in [0, 0.1) is 5.92 Å². The van der Waals surface area contributed by atoms with E-state index in [0.29, 0.717) is 62.6 Å². The zero-order chi connectivity index (χ0) is 23.2. The van der Waals surface area contributed by atoms with Crippen molar-refractivity contribution < 1.29 is 19.2 Å². The number of nitrogens with zero attached hydrogens (tertiary/aromatic N) is 4. The van der Waals surface area contributed by atoms with E-state index in [9.17, 15) is 19.2 Å². The minimum Gasteiger partial charge on any atom is -0.339 e.